The van der Waals surface area contributed by atoms with E-state index in [9.17, 15) is 4.79 Å². The van der Waals surface area contributed by atoms with Gasteiger partial charge in [0.1, 0.15) is 11.3 Å². The van der Waals surface area contributed by atoms with Gasteiger partial charge in [-0.3, -0.25) is 4.79 Å². The first-order valence-corrected chi connectivity index (χ1v) is 8.08. The molecule has 3 rings (SSSR count). The Balaban J connectivity index is 1.90. The molecule has 3 aromatic rings. The molecule has 1 heterocycles. The Kier molecular flexibility index (Phi) is 5.05. The number of carbonyl (C=O) groups is 1. The number of para-hydroxylation sites is 2. The predicted octanol–water partition coefficient (Wildman–Crippen LogP) is 4.08. The third-order valence-electron chi connectivity index (χ3n) is 4.15. The molecule has 2 aromatic carbocycles. The number of rotatable bonds is 6. The third-order valence-corrected chi connectivity index (χ3v) is 4.15. The molecule has 0 saturated carbocycles. The summed E-state index contributed by atoms with van der Waals surface area (Å²) in [5.74, 6) is 0.739. The molecule has 5 nitrogen and oxygen atoms in total. The highest BCUT2D eigenvalue weighted by Crippen LogP contribution is 2.28. The Morgan fingerprint density at radius 1 is 1.12 bits per heavy atom. The van der Waals surface area contributed by atoms with Gasteiger partial charge in [-0.05, 0) is 19.1 Å². The van der Waals surface area contributed by atoms with Crippen molar-refractivity contribution in [2.75, 3.05) is 14.2 Å². The van der Waals surface area contributed by atoms with Crippen LogP contribution in [-0.4, -0.2) is 20.1 Å². The summed E-state index contributed by atoms with van der Waals surface area (Å²) in [6.45, 7) is 2.22. The van der Waals surface area contributed by atoms with Gasteiger partial charge in [0, 0.05) is 23.6 Å². The summed E-state index contributed by atoms with van der Waals surface area (Å²) in [5, 5.41) is 3.87. The summed E-state index contributed by atoms with van der Waals surface area (Å²) in [6.07, 6.45) is 0. The Hall–Kier alpha value is -2.79. The molecule has 0 aliphatic heterocycles. The van der Waals surface area contributed by atoms with E-state index in [4.69, 9.17) is 13.9 Å². The van der Waals surface area contributed by atoms with Gasteiger partial charge in [-0.25, -0.2) is 0 Å². The molecule has 1 atom stereocenters. The van der Waals surface area contributed by atoms with Crippen molar-refractivity contribution < 1.29 is 18.7 Å². The molecule has 0 aliphatic rings. The SMILES string of the molecule is COCc1c(C(=O)N[C@@H](C)c2ccccc2OC)oc2ccccc12. The molecule has 0 saturated heterocycles. The van der Waals surface area contributed by atoms with Crippen molar-refractivity contribution >= 4 is 16.9 Å². The molecule has 1 amide bonds. The van der Waals surface area contributed by atoms with Crippen LogP contribution < -0.4 is 10.1 Å². The number of benzene rings is 2. The number of ether oxygens (including phenoxy) is 2. The van der Waals surface area contributed by atoms with Crippen LogP contribution in [0, 0.1) is 0 Å². The molecule has 0 bridgehead atoms. The molecule has 0 unspecified atom stereocenters. The van der Waals surface area contributed by atoms with E-state index in [-0.39, 0.29) is 17.7 Å². The number of methoxy groups -OCH3 is 2. The maximum Gasteiger partial charge on any atom is 0.287 e. The molecular weight excluding hydrogens is 318 g/mol. The summed E-state index contributed by atoms with van der Waals surface area (Å²) >= 11 is 0. The van der Waals surface area contributed by atoms with E-state index in [0.29, 0.717) is 12.2 Å². The minimum Gasteiger partial charge on any atom is -0.496 e. The van der Waals surface area contributed by atoms with Crippen LogP contribution in [0.1, 0.15) is 34.6 Å². The normalized spacial score (nSPS) is 12.1. The lowest BCUT2D eigenvalue weighted by molar-refractivity contribution is 0.0907. The minimum atomic E-state index is -0.276. The number of fused-ring (bicyclic) bond motifs is 1. The van der Waals surface area contributed by atoms with Crippen molar-refractivity contribution in [3.05, 3.63) is 65.4 Å². The van der Waals surface area contributed by atoms with Crippen LogP contribution in [-0.2, 0) is 11.3 Å². The van der Waals surface area contributed by atoms with Crippen molar-refractivity contribution in [1.29, 1.82) is 0 Å². The van der Waals surface area contributed by atoms with Crippen LogP contribution in [0.15, 0.2) is 52.9 Å². The minimum absolute atomic E-state index is 0.229. The van der Waals surface area contributed by atoms with Crippen LogP contribution in [0.2, 0.25) is 0 Å². The highest BCUT2D eigenvalue weighted by Gasteiger charge is 2.22. The molecule has 5 heteroatoms. The third kappa shape index (κ3) is 3.37. The molecular formula is C20H21NO4. The highest BCUT2D eigenvalue weighted by atomic mass is 16.5. The van der Waals surface area contributed by atoms with Crippen molar-refractivity contribution in [3.63, 3.8) is 0 Å². The fourth-order valence-corrected chi connectivity index (χ4v) is 2.93. The van der Waals surface area contributed by atoms with Gasteiger partial charge in [-0.15, -0.1) is 0 Å². The molecule has 1 N–H and O–H groups in total. The zero-order valence-electron chi connectivity index (χ0n) is 14.5. The maximum absolute atomic E-state index is 12.8. The lowest BCUT2D eigenvalue weighted by Gasteiger charge is -2.17. The van der Waals surface area contributed by atoms with Crippen molar-refractivity contribution in [2.24, 2.45) is 0 Å². The zero-order chi connectivity index (χ0) is 17.8. The average Bonchev–Trinajstić information content (AvgIpc) is 3.01. The van der Waals surface area contributed by atoms with E-state index in [0.717, 1.165) is 22.3 Å². The monoisotopic (exact) mass is 339 g/mol. The lowest BCUT2D eigenvalue weighted by atomic mass is 10.1. The van der Waals surface area contributed by atoms with Gasteiger partial charge in [0.05, 0.1) is 19.8 Å². The van der Waals surface area contributed by atoms with E-state index < -0.39 is 0 Å². The quantitative estimate of drug-likeness (QED) is 0.735. The summed E-state index contributed by atoms with van der Waals surface area (Å²) in [6, 6.07) is 14.9. The Bertz CT molecular complexity index is 884. The molecule has 0 radical (unpaired) electrons. The van der Waals surface area contributed by atoms with E-state index in [2.05, 4.69) is 5.32 Å². The van der Waals surface area contributed by atoms with E-state index in [1.54, 1.807) is 14.2 Å². The summed E-state index contributed by atoms with van der Waals surface area (Å²) in [5.41, 5.74) is 2.33. The molecule has 0 spiro atoms. The Morgan fingerprint density at radius 3 is 2.60 bits per heavy atom. The van der Waals surface area contributed by atoms with Gasteiger partial charge in [0.2, 0.25) is 0 Å². The highest BCUT2D eigenvalue weighted by molar-refractivity contribution is 5.99. The van der Waals surface area contributed by atoms with Crippen molar-refractivity contribution in [3.8, 4) is 5.75 Å². The van der Waals surface area contributed by atoms with Gasteiger partial charge in [0.15, 0.2) is 5.76 Å². The number of carbonyl (C=O) groups excluding carboxylic acids is 1. The van der Waals surface area contributed by atoms with E-state index >= 15 is 0 Å². The second kappa shape index (κ2) is 7.40. The second-order valence-electron chi connectivity index (χ2n) is 5.78. The summed E-state index contributed by atoms with van der Waals surface area (Å²) in [7, 11) is 3.21. The predicted molar refractivity (Wildman–Crippen MR) is 95.8 cm³/mol. The fraction of sp³-hybridized carbons (Fsp3) is 0.250. The van der Waals surface area contributed by atoms with E-state index in [1.165, 1.54) is 0 Å². The number of amides is 1. The number of nitrogens with one attached hydrogen (secondary N) is 1. The standard InChI is InChI=1S/C20H21NO4/c1-13(14-8-4-6-10-17(14)24-3)21-20(22)19-16(12-23-2)15-9-5-7-11-18(15)25-19/h4-11,13H,12H2,1-3H3,(H,21,22)/t13-/m0/s1. The molecule has 1 aromatic heterocycles. The average molecular weight is 339 g/mol. The lowest BCUT2D eigenvalue weighted by Crippen LogP contribution is -2.27. The van der Waals surface area contributed by atoms with Crippen LogP contribution in [0.25, 0.3) is 11.0 Å². The number of hydrogen-bond acceptors (Lipinski definition) is 4. The zero-order valence-corrected chi connectivity index (χ0v) is 14.5. The molecule has 0 aliphatic carbocycles. The van der Waals surface area contributed by atoms with Crippen molar-refractivity contribution in [1.82, 2.24) is 5.32 Å². The van der Waals surface area contributed by atoms with Crippen LogP contribution in [0.4, 0.5) is 0 Å². The fourth-order valence-electron chi connectivity index (χ4n) is 2.93. The Labute approximate surface area is 146 Å². The van der Waals surface area contributed by atoms with Gasteiger partial charge in [0.25, 0.3) is 5.91 Å². The first-order chi connectivity index (χ1) is 12.2. The van der Waals surface area contributed by atoms with Gasteiger partial charge in [-0.1, -0.05) is 36.4 Å². The first-order valence-electron chi connectivity index (χ1n) is 8.08. The summed E-state index contributed by atoms with van der Waals surface area (Å²) < 4.78 is 16.4. The topological polar surface area (TPSA) is 60.7 Å². The van der Waals surface area contributed by atoms with Crippen molar-refractivity contribution in [2.45, 2.75) is 19.6 Å². The molecule has 25 heavy (non-hydrogen) atoms. The molecule has 130 valence electrons. The number of furan rings is 1. The van der Waals surface area contributed by atoms with Gasteiger partial charge in [-0.2, -0.15) is 0 Å². The Morgan fingerprint density at radius 2 is 1.84 bits per heavy atom. The van der Waals surface area contributed by atoms with Gasteiger partial charge < -0.3 is 19.2 Å². The van der Waals surface area contributed by atoms with Gasteiger partial charge >= 0.3 is 0 Å². The van der Waals surface area contributed by atoms with Crippen LogP contribution >= 0.6 is 0 Å². The summed E-state index contributed by atoms with van der Waals surface area (Å²) in [4.78, 5) is 12.8. The molecule has 0 fully saturated rings. The smallest absolute Gasteiger partial charge is 0.287 e. The largest absolute Gasteiger partial charge is 0.496 e. The number of hydrogen-bond donors (Lipinski definition) is 1. The van der Waals surface area contributed by atoms with E-state index in [1.807, 2.05) is 55.5 Å². The second-order valence-corrected chi connectivity index (χ2v) is 5.78. The maximum atomic E-state index is 12.8. The van der Waals surface area contributed by atoms with Crippen LogP contribution in [0.3, 0.4) is 0 Å². The van der Waals surface area contributed by atoms with Crippen LogP contribution in [0.5, 0.6) is 5.75 Å². The first kappa shape index (κ1) is 17.0.